The Hall–Kier alpha value is -1.73. The van der Waals surface area contributed by atoms with Gasteiger partial charge in [-0.1, -0.05) is 0 Å². The third-order valence-electron chi connectivity index (χ3n) is 3.02. The fourth-order valence-electron chi connectivity index (χ4n) is 2.11. The SMILES string of the molecule is Cc1c[nH]c2ncnc(N3C=C(C(N)=O)SCC3)c12.Cl. The van der Waals surface area contributed by atoms with E-state index in [9.17, 15) is 4.79 Å². The zero-order valence-corrected chi connectivity index (χ0v) is 12.4. The van der Waals surface area contributed by atoms with Gasteiger partial charge in [-0.15, -0.1) is 24.2 Å². The quantitative estimate of drug-likeness (QED) is 0.879. The zero-order chi connectivity index (χ0) is 13.4. The molecule has 1 amide bonds. The summed E-state index contributed by atoms with van der Waals surface area (Å²) in [5, 5.41) is 0.981. The molecule has 0 unspecified atom stereocenters. The standard InChI is InChI=1S/C12H13N5OS.ClH/c1-7-4-14-11-9(7)12(16-6-15-11)17-2-3-19-8(5-17)10(13)18;/h4-6H,2-3H2,1H3,(H2,13,18)(H,14,15,16);1H. The number of aromatic nitrogens is 3. The van der Waals surface area contributed by atoms with E-state index in [1.54, 1.807) is 6.20 Å². The van der Waals surface area contributed by atoms with Gasteiger partial charge in [-0.05, 0) is 12.5 Å². The lowest BCUT2D eigenvalue weighted by Crippen LogP contribution is -2.28. The van der Waals surface area contributed by atoms with Crippen molar-refractivity contribution in [1.82, 2.24) is 15.0 Å². The number of halogens is 1. The third-order valence-corrected chi connectivity index (χ3v) is 4.03. The monoisotopic (exact) mass is 311 g/mol. The minimum atomic E-state index is -0.397. The molecule has 0 atom stereocenters. The number of amides is 1. The van der Waals surface area contributed by atoms with E-state index in [0.29, 0.717) is 4.91 Å². The summed E-state index contributed by atoms with van der Waals surface area (Å²) in [7, 11) is 0. The summed E-state index contributed by atoms with van der Waals surface area (Å²) in [5.41, 5.74) is 7.22. The molecule has 3 rings (SSSR count). The fraction of sp³-hybridized carbons (Fsp3) is 0.250. The number of carbonyl (C=O) groups is 1. The Bertz CT molecular complexity index is 684. The smallest absolute Gasteiger partial charge is 0.256 e. The summed E-state index contributed by atoms with van der Waals surface area (Å²) >= 11 is 1.48. The lowest BCUT2D eigenvalue weighted by atomic mass is 10.2. The van der Waals surface area contributed by atoms with Crippen molar-refractivity contribution in [1.29, 1.82) is 0 Å². The van der Waals surface area contributed by atoms with Gasteiger partial charge in [0.05, 0.1) is 10.3 Å². The van der Waals surface area contributed by atoms with Crippen LogP contribution < -0.4 is 10.6 Å². The van der Waals surface area contributed by atoms with Gasteiger partial charge in [-0.2, -0.15) is 0 Å². The highest BCUT2D eigenvalue weighted by Crippen LogP contribution is 2.30. The average molecular weight is 312 g/mol. The van der Waals surface area contributed by atoms with Gasteiger partial charge in [0, 0.05) is 24.7 Å². The number of rotatable bonds is 2. The number of nitrogens with two attached hydrogens (primary N) is 1. The number of nitrogens with zero attached hydrogens (tertiary/aromatic N) is 3. The normalized spacial score (nSPS) is 14.8. The number of primary amides is 1. The molecular weight excluding hydrogens is 298 g/mol. The molecule has 0 aliphatic carbocycles. The fourth-order valence-corrected chi connectivity index (χ4v) is 2.97. The Kier molecular flexibility index (Phi) is 4.20. The van der Waals surface area contributed by atoms with E-state index in [0.717, 1.165) is 34.7 Å². The molecule has 1 aliphatic heterocycles. The van der Waals surface area contributed by atoms with Crippen LogP contribution in [0.5, 0.6) is 0 Å². The molecule has 1 aliphatic rings. The molecule has 2 aromatic heterocycles. The Labute approximate surface area is 126 Å². The van der Waals surface area contributed by atoms with Gasteiger partial charge in [0.25, 0.3) is 5.91 Å². The van der Waals surface area contributed by atoms with E-state index in [1.807, 2.05) is 18.0 Å². The minimum Gasteiger partial charge on any atom is -0.365 e. The van der Waals surface area contributed by atoms with Gasteiger partial charge < -0.3 is 15.6 Å². The highest BCUT2D eigenvalue weighted by Gasteiger charge is 2.19. The van der Waals surface area contributed by atoms with Gasteiger partial charge >= 0.3 is 0 Å². The number of H-pyrrole nitrogens is 1. The highest BCUT2D eigenvalue weighted by molar-refractivity contribution is 8.04. The van der Waals surface area contributed by atoms with Crippen LogP contribution in [0.15, 0.2) is 23.6 Å². The molecule has 0 aromatic carbocycles. The molecule has 0 spiro atoms. The predicted octanol–water partition coefficient (Wildman–Crippen LogP) is 1.57. The predicted molar refractivity (Wildman–Crippen MR) is 83.0 cm³/mol. The summed E-state index contributed by atoms with van der Waals surface area (Å²) in [4.78, 5) is 25.5. The largest absolute Gasteiger partial charge is 0.365 e. The molecule has 6 nitrogen and oxygen atoms in total. The second-order valence-corrected chi connectivity index (χ2v) is 5.43. The molecule has 20 heavy (non-hydrogen) atoms. The van der Waals surface area contributed by atoms with Crippen LogP contribution >= 0.6 is 24.2 Å². The van der Waals surface area contributed by atoms with Gasteiger partial charge in [-0.25, -0.2) is 9.97 Å². The molecule has 0 saturated carbocycles. The first-order chi connectivity index (χ1) is 9.16. The number of hydrogen-bond acceptors (Lipinski definition) is 5. The molecule has 106 valence electrons. The number of hydrogen-bond donors (Lipinski definition) is 2. The van der Waals surface area contributed by atoms with Crippen molar-refractivity contribution >= 4 is 46.9 Å². The summed E-state index contributed by atoms with van der Waals surface area (Å²) in [6, 6.07) is 0. The van der Waals surface area contributed by atoms with Gasteiger partial charge in [0.1, 0.15) is 17.8 Å². The maximum atomic E-state index is 11.3. The van der Waals surface area contributed by atoms with Crippen molar-refractivity contribution in [3.8, 4) is 0 Å². The van der Waals surface area contributed by atoms with Gasteiger partial charge in [-0.3, -0.25) is 4.79 Å². The summed E-state index contributed by atoms with van der Waals surface area (Å²) in [5.74, 6) is 1.22. The Morgan fingerprint density at radius 1 is 1.50 bits per heavy atom. The molecular formula is C12H14ClN5OS. The van der Waals surface area contributed by atoms with Crippen LogP contribution in [-0.4, -0.2) is 33.2 Å². The Balaban J connectivity index is 0.00000147. The minimum absolute atomic E-state index is 0. The number of aromatic amines is 1. The van der Waals surface area contributed by atoms with Crippen LogP contribution in [0.4, 0.5) is 5.82 Å². The second-order valence-electron chi connectivity index (χ2n) is 4.29. The van der Waals surface area contributed by atoms with Crippen molar-refractivity contribution in [2.24, 2.45) is 5.73 Å². The molecule has 0 fully saturated rings. The van der Waals surface area contributed by atoms with Crippen LogP contribution in [0.25, 0.3) is 11.0 Å². The highest BCUT2D eigenvalue weighted by atomic mass is 35.5. The zero-order valence-electron chi connectivity index (χ0n) is 10.8. The summed E-state index contributed by atoms with van der Waals surface area (Å²) < 4.78 is 0. The number of carbonyl (C=O) groups excluding carboxylic acids is 1. The van der Waals surface area contributed by atoms with Crippen LogP contribution in [0.2, 0.25) is 0 Å². The summed E-state index contributed by atoms with van der Waals surface area (Å²) in [6.07, 6.45) is 5.19. The average Bonchev–Trinajstić information content (AvgIpc) is 2.81. The van der Waals surface area contributed by atoms with E-state index >= 15 is 0 Å². The van der Waals surface area contributed by atoms with E-state index in [1.165, 1.54) is 18.1 Å². The van der Waals surface area contributed by atoms with Crippen molar-refractivity contribution < 1.29 is 4.79 Å². The maximum Gasteiger partial charge on any atom is 0.256 e. The van der Waals surface area contributed by atoms with E-state index in [2.05, 4.69) is 15.0 Å². The Morgan fingerprint density at radius 3 is 3.05 bits per heavy atom. The third kappa shape index (κ3) is 2.46. The Morgan fingerprint density at radius 2 is 2.30 bits per heavy atom. The number of nitrogens with one attached hydrogen (secondary N) is 1. The number of aryl methyl sites for hydroxylation is 1. The van der Waals surface area contributed by atoms with Crippen molar-refractivity contribution in [2.45, 2.75) is 6.92 Å². The van der Waals surface area contributed by atoms with Crippen molar-refractivity contribution in [3.05, 3.63) is 29.2 Å². The maximum absolute atomic E-state index is 11.3. The van der Waals surface area contributed by atoms with E-state index in [-0.39, 0.29) is 12.4 Å². The van der Waals surface area contributed by atoms with E-state index in [4.69, 9.17) is 5.73 Å². The van der Waals surface area contributed by atoms with Crippen molar-refractivity contribution in [3.63, 3.8) is 0 Å². The first kappa shape index (κ1) is 14.7. The van der Waals surface area contributed by atoms with E-state index < -0.39 is 5.91 Å². The lowest BCUT2D eigenvalue weighted by molar-refractivity contribution is -0.113. The molecule has 8 heteroatoms. The van der Waals surface area contributed by atoms with Crippen LogP contribution in [0, 0.1) is 6.92 Å². The van der Waals surface area contributed by atoms with Gasteiger partial charge in [0.2, 0.25) is 0 Å². The second kappa shape index (κ2) is 5.72. The molecule has 0 radical (unpaired) electrons. The number of thioether (sulfide) groups is 1. The summed E-state index contributed by atoms with van der Waals surface area (Å²) in [6.45, 7) is 2.79. The van der Waals surface area contributed by atoms with Gasteiger partial charge in [0.15, 0.2) is 0 Å². The number of fused-ring (bicyclic) bond motifs is 1. The molecule has 0 bridgehead atoms. The molecule has 3 heterocycles. The topological polar surface area (TPSA) is 87.9 Å². The number of anilines is 1. The van der Waals surface area contributed by atoms with Crippen molar-refractivity contribution in [2.75, 3.05) is 17.2 Å². The first-order valence-corrected chi connectivity index (χ1v) is 6.85. The lowest BCUT2D eigenvalue weighted by Gasteiger charge is -2.25. The van der Waals surface area contributed by atoms with Crippen LogP contribution in [0.1, 0.15) is 5.56 Å². The molecule has 3 N–H and O–H groups in total. The first-order valence-electron chi connectivity index (χ1n) is 5.86. The molecule has 0 saturated heterocycles. The molecule has 2 aromatic rings. The van der Waals surface area contributed by atoms with Crippen LogP contribution in [-0.2, 0) is 4.79 Å². The van der Waals surface area contributed by atoms with Crippen LogP contribution in [0.3, 0.4) is 0 Å².